The highest BCUT2D eigenvalue weighted by Gasteiger charge is 2.17. The summed E-state index contributed by atoms with van der Waals surface area (Å²) in [4.78, 5) is 8.62. The molecular weight excluding hydrogens is 222 g/mol. The van der Waals surface area contributed by atoms with Gasteiger partial charge in [-0.15, -0.1) is 0 Å². The van der Waals surface area contributed by atoms with Gasteiger partial charge in [-0.25, -0.2) is 9.97 Å². The van der Waals surface area contributed by atoms with Gasteiger partial charge in [-0.2, -0.15) is 0 Å². The molecule has 94 valence electrons. The van der Waals surface area contributed by atoms with Crippen molar-refractivity contribution >= 4 is 5.95 Å². The van der Waals surface area contributed by atoms with E-state index < -0.39 is 0 Å². The van der Waals surface area contributed by atoms with E-state index in [2.05, 4.69) is 42.9 Å². The van der Waals surface area contributed by atoms with Gasteiger partial charge in [-0.1, -0.05) is 51.1 Å². The van der Waals surface area contributed by atoms with E-state index in [1.807, 2.05) is 24.3 Å². The van der Waals surface area contributed by atoms with Crippen LogP contribution in [-0.2, 0) is 11.8 Å². The predicted molar refractivity (Wildman–Crippen MR) is 74.4 cm³/mol. The summed E-state index contributed by atoms with van der Waals surface area (Å²) in [5.74, 6) is 0.355. The van der Waals surface area contributed by atoms with Crippen molar-refractivity contribution in [3.8, 4) is 0 Å². The Kier molecular flexibility index (Phi) is 3.32. The third kappa shape index (κ3) is 3.06. The Morgan fingerprint density at radius 2 is 1.72 bits per heavy atom. The predicted octanol–water partition coefficient (Wildman–Crippen LogP) is 2.95. The minimum atomic E-state index is -0.0114. The van der Waals surface area contributed by atoms with Gasteiger partial charge in [0.2, 0.25) is 5.95 Å². The van der Waals surface area contributed by atoms with E-state index in [1.54, 1.807) is 0 Å². The molecule has 2 rings (SSSR count). The highest BCUT2D eigenvalue weighted by molar-refractivity contribution is 5.30. The molecule has 3 nitrogen and oxygen atoms in total. The lowest BCUT2D eigenvalue weighted by Crippen LogP contribution is -2.16. The quantitative estimate of drug-likeness (QED) is 0.879. The lowest BCUT2D eigenvalue weighted by atomic mass is 9.91. The molecule has 0 aliphatic rings. The summed E-state index contributed by atoms with van der Waals surface area (Å²) in [6.07, 6.45) is 0.788. The molecule has 0 saturated heterocycles. The van der Waals surface area contributed by atoms with Crippen molar-refractivity contribution in [1.29, 1.82) is 0 Å². The maximum atomic E-state index is 5.79. The first-order chi connectivity index (χ1) is 8.45. The van der Waals surface area contributed by atoms with Gasteiger partial charge in [0, 0.05) is 11.8 Å². The Balaban J connectivity index is 2.32. The SMILES string of the molecule is CC(C)(C)c1cc(Cc2ccccc2)nc(N)n1. The van der Waals surface area contributed by atoms with Crippen molar-refractivity contribution in [2.75, 3.05) is 5.73 Å². The minimum absolute atomic E-state index is 0.0114. The summed E-state index contributed by atoms with van der Waals surface area (Å²) < 4.78 is 0. The van der Waals surface area contributed by atoms with Crippen molar-refractivity contribution in [1.82, 2.24) is 9.97 Å². The normalized spacial score (nSPS) is 11.5. The van der Waals surface area contributed by atoms with Gasteiger partial charge in [0.05, 0.1) is 11.4 Å². The Morgan fingerprint density at radius 3 is 2.33 bits per heavy atom. The van der Waals surface area contributed by atoms with Crippen molar-refractivity contribution in [3.05, 3.63) is 53.3 Å². The van der Waals surface area contributed by atoms with Crippen LogP contribution in [0.1, 0.15) is 37.7 Å². The molecule has 0 bridgehead atoms. The molecule has 1 aromatic heterocycles. The second-order valence-corrected chi connectivity index (χ2v) is 5.52. The summed E-state index contributed by atoms with van der Waals surface area (Å²) in [6, 6.07) is 12.3. The average molecular weight is 241 g/mol. The zero-order chi connectivity index (χ0) is 13.2. The summed E-state index contributed by atoms with van der Waals surface area (Å²) in [7, 11) is 0. The van der Waals surface area contributed by atoms with Crippen LogP contribution in [0.3, 0.4) is 0 Å². The Morgan fingerprint density at radius 1 is 1.06 bits per heavy atom. The molecule has 0 atom stereocenters. The van der Waals surface area contributed by atoms with Crippen molar-refractivity contribution in [3.63, 3.8) is 0 Å². The van der Waals surface area contributed by atoms with Crippen LogP contribution in [0.15, 0.2) is 36.4 Å². The maximum absolute atomic E-state index is 5.79. The molecule has 0 saturated carbocycles. The number of rotatable bonds is 2. The summed E-state index contributed by atoms with van der Waals surface area (Å²) in [5, 5.41) is 0. The summed E-state index contributed by atoms with van der Waals surface area (Å²) >= 11 is 0. The molecule has 0 amide bonds. The van der Waals surface area contributed by atoms with Crippen LogP contribution in [-0.4, -0.2) is 9.97 Å². The van der Waals surface area contributed by atoms with Gasteiger partial charge < -0.3 is 5.73 Å². The molecule has 0 spiro atoms. The molecule has 2 aromatic rings. The largest absolute Gasteiger partial charge is 0.368 e. The third-order valence-electron chi connectivity index (χ3n) is 2.79. The second-order valence-electron chi connectivity index (χ2n) is 5.52. The molecule has 0 aliphatic carbocycles. The molecule has 2 N–H and O–H groups in total. The number of benzene rings is 1. The molecule has 3 heteroatoms. The summed E-state index contributed by atoms with van der Waals surface area (Å²) in [5.41, 5.74) is 8.97. The number of nitrogen functional groups attached to an aromatic ring is 1. The van der Waals surface area contributed by atoms with Crippen molar-refractivity contribution < 1.29 is 0 Å². The number of hydrogen-bond donors (Lipinski definition) is 1. The van der Waals surface area contributed by atoms with Crippen LogP contribution in [0.2, 0.25) is 0 Å². The molecule has 0 fully saturated rings. The molecule has 0 unspecified atom stereocenters. The van der Waals surface area contributed by atoms with Crippen LogP contribution in [0.5, 0.6) is 0 Å². The van der Waals surface area contributed by atoms with Gasteiger partial charge in [-0.3, -0.25) is 0 Å². The maximum Gasteiger partial charge on any atom is 0.220 e. The number of nitrogens with two attached hydrogens (primary N) is 1. The zero-order valence-corrected chi connectivity index (χ0v) is 11.1. The van der Waals surface area contributed by atoms with E-state index in [0.717, 1.165) is 17.8 Å². The molecule has 0 radical (unpaired) electrons. The van der Waals surface area contributed by atoms with E-state index in [9.17, 15) is 0 Å². The van der Waals surface area contributed by atoms with Gasteiger partial charge in [0.1, 0.15) is 0 Å². The topological polar surface area (TPSA) is 51.8 Å². The van der Waals surface area contributed by atoms with Gasteiger partial charge in [0.15, 0.2) is 0 Å². The lowest BCUT2D eigenvalue weighted by molar-refractivity contribution is 0.566. The van der Waals surface area contributed by atoms with Crippen LogP contribution in [0.4, 0.5) is 5.95 Å². The van der Waals surface area contributed by atoms with Crippen LogP contribution in [0, 0.1) is 0 Å². The van der Waals surface area contributed by atoms with E-state index in [1.165, 1.54) is 5.56 Å². The molecular formula is C15H19N3. The number of hydrogen-bond acceptors (Lipinski definition) is 3. The highest BCUT2D eigenvalue weighted by atomic mass is 15.0. The second kappa shape index (κ2) is 4.77. The monoisotopic (exact) mass is 241 g/mol. The molecule has 1 heterocycles. The number of nitrogens with zero attached hydrogens (tertiary/aromatic N) is 2. The van der Waals surface area contributed by atoms with Crippen LogP contribution < -0.4 is 5.73 Å². The van der Waals surface area contributed by atoms with E-state index in [4.69, 9.17) is 5.73 Å². The van der Waals surface area contributed by atoms with Gasteiger partial charge in [-0.05, 0) is 11.6 Å². The zero-order valence-electron chi connectivity index (χ0n) is 11.1. The van der Waals surface area contributed by atoms with Crippen molar-refractivity contribution in [2.24, 2.45) is 0 Å². The summed E-state index contributed by atoms with van der Waals surface area (Å²) in [6.45, 7) is 6.38. The first-order valence-corrected chi connectivity index (χ1v) is 6.13. The number of aromatic nitrogens is 2. The Hall–Kier alpha value is -1.90. The average Bonchev–Trinajstić information content (AvgIpc) is 2.28. The van der Waals surface area contributed by atoms with E-state index in [0.29, 0.717) is 5.95 Å². The smallest absolute Gasteiger partial charge is 0.220 e. The first kappa shape index (κ1) is 12.6. The number of anilines is 1. The Bertz CT molecular complexity index is 527. The van der Waals surface area contributed by atoms with Crippen molar-refractivity contribution in [2.45, 2.75) is 32.6 Å². The molecule has 0 aliphatic heterocycles. The van der Waals surface area contributed by atoms with Crippen LogP contribution >= 0.6 is 0 Å². The first-order valence-electron chi connectivity index (χ1n) is 6.13. The minimum Gasteiger partial charge on any atom is -0.368 e. The fourth-order valence-electron chi connectivity index (χ4n) is 1.80. The van der Waals surface area contributed by atoms with E-state index >= 15 is 0 Å². The molecule has 1 aromatic carbocycles. The van der Waals surface area contributed by atoms with Gasteiger partial charge in [0.25, 0.3) is 0 Å². The van der Waals surface area contributed by atoms with E-state index in [-0.39, 0.29) is 5.41 Å². The van der Waals surface area contributed by atoms with Gasteiger partial charge >= 0.3 is 0 Å². The lowest BCUT2D eigenvalue weighted by Gasteiger charge is -2.18. The molecule has 18 heavy (non-hydrogen) atoms. The fourth-order valence-corrected chi connectivity index (χ4v) is 1.80. The fraction of sp³-hybridized carbons (Fsp3) is 0.333. The Labute approximate surface area is 108 Å². The highest BCUT2D eigenvalue weighted by Crippen LogP contribution is 2.22. The third-order valence-corrected chi connectivity index (χ3v) is 2.79. The standard InChI is InChI=1S/C15H19N3/c1-15(2,3)13-10-12(17-14(16)18-13)9-11-7-5-4-6-8-11/h4-8,10H,9H2,1-3H3,(H2,16,17,18). The van der Waals surface area contributed by atoms with Crippen LogP contribution in [0.25, 0.3) is 0 Å².